The molecule has 0 saturated carbocycles. The summed E-state index contributed by atoms with van der Waals surface area (Å²) in [7, 11) is 1.63. The van der Waals surface area contributed by atoms with E-state index in [0.29, 0.717) is 18.8 Å². The van der Waals surface area contributed by atoms with Gasteiger partial charge in [-0.2, -0.15) is 0 Å². The number of benzene rings is 1. The molecule has 4 nitrogen and oxygen atoms in total. The smallest absolute Gasteiger partial charge is 0.268 e. The van der Waals surface area contributed by atoms with Crippen LogP contribution in [0.1, 0.15) is 29.0 Å². The highest BCUT2D eigenvalue weighted by Crippen LogP contribution is 2.31. The van der Waals surface area contributed by atoms with Gasteiger partial charge in [0.15, 0.2) is 0 Å². The number of nitrogens with zero attached hydrogens (tertiary/aromatic N) is 1. The first-order chi connectivity index (χ1) is 11.2. The van der Waals surface area contributed by atoms with Crippen molar-refractivity contribution in [3.05, 3.63) is 59.1 Å². The summed E-state index contributed by atoms with van der Waals surface area (Å²) in [6.45, 7) is 3.14. The average Bonchev–Trinajstić information content (AvgIpc) is 3.16. The summed E-state index contributed by atoms with van der Waals surface area (Å²) in [4.78, 5) is 13.7. The van der Waals surface area contributed by atoms with Gasteiger partial charge in [-0.25, -0.2) is 0 Å². The Bertz CT molecular complexity index is 792. The quantitative estimate of drug-likeness (QED) is 0.701. The summed E-state index contributed by atoms with van der Waals surface area (Å²) in [5.41, 5.74) is 1.88. The number of methoxy groups -OCH3 is 1. The van der Waals surface area contributed by atoms with Gasteiger partial charge >= 0.3 is 0 Å². The summed E-state index contributed by atoms with van der Waals surface area (Å²) in [6.07, 6.45) is 0. The predicted molar refractivity (Wildman–Crippen MR) is 94.3 cm³/mol. The van der Waals surface area contributed by atoms with Crippen molar-refractivity contribution in [1.29, 1.82) is 0 Å². The Balaban J connectivity index is 1.98. The lowest BCUT2D eigenvalue weighted by Crippen LogP contribution is -2.29. The zero-order valence-corrected chi connectivity index (χ0v) is 14.1. The molecule has 2 aromatic heterocycles. The SMILES string of the molecule is COCCNC(=O)c1cc2ccsc2n1[C@@H](C)c1ccccc1. The molecule has 0 fully saturated rings. The molecule has 3 aromatic rings. The third kappa shape index (κ3) is 3.16. The molecule has 1 atom stereocenters. The molecular weight excluding hydrogens is 308 g/mol. The minimum absolute atomic E-state index is 0.0618. The highest BCUT2D eigenvalue weighted by atomic mass is 32.1. The molecule has 1 aromatic carbocycles. The van der Waals surface area contributed by atoms with Crippen LogP contribution >= 0.6 is 11.3 Å². The third-order valence-electron chi connectivity index (χ3n) is 3.94. The maximum Gasteiger partial charge on any atom is 0.268 e. The van der Waals surface area contributed by atoms with Crippen molar-refractivity contribution in [3.8, 4) is 0 Å². The molecule has 3 rings (SSSR count). The van der Waals surface area contributed by atoms with Crippen LogP contribution in [-0.4, -0.2) is 30.7 Å². The fourth-order valence-corrected chi connectivity index (χ4v) is 3.72. The van der Waals surface area contributed by atoms with Crippen LogP contribution in [0.25, 0.3) is 10.2 Å². The molecule has 120 valence electrons. The number of aromatic nitrogens is 1. The number of hydrogen-bond acceptors (Lipinski definition) is 3. The lowest BCUT2D eigenvalue weighted by molar-refractivity contribution is 0.0927. The normalized spacial score (nSPS) is 12.4. The number of fused-ring (bicyclic) bond motifs is 1. The Morgan fingerprint density at radius 2 is 2.09 bits per heavy atom. The topological polar surface area (TPSA) is 43.3 Å². The number of rotatable bonds is 6. The van der Waals surface area contributed by atoms with E-state index in [4.69, 9.17) is 4.74 Å². The lowest BCUT2D eigenvalue weighted by atomic mass is 10.1. The molecule has 0 bridgehead atoms. The molecule has 0 saturated heterocycles. The second-order valence-electron chi connectivity index (χ2n) is 5.42. The van der Waals surface area contributed by atoms with E-state index in [1.54, 1.807) is 18.4 Å². The van der Waals surface area contributed by atoms with Gasteiger partial charge in [-0.05, 0) is 30.0 Å². The fraction of sp³-hybridized carbons (Fsp3) is 0.278. The van der Waals surface area contributed by atoms with Crippen LogP contribution in [-0.2, 0) is 4.74 Å². The minimum Gasteiger partial charge on any atom is -0.383 e. The summed E-state index contributed by atoms with van der Waals surface area (Å²) < 4.78 is 7.12. The Kier molecular flexibility index (Phi) is 4.79. The van der Waals surface area contributed by atoms with Gasteiger partial charge in [-0.15, -0.1) is 11.3 Å². The van der Waals surface area contributed by atoms with Crippen LogP contribution in [0.2, 0.25) is 0 Å². The van der Waals surface area contributed by atoms with Gasteiger partial charge in [0.25, 0.3) is 5.91 Å². The average molecular weight is 328 g/mol. The summed E-state index contributed by atoms with van der Waals surface area (Å²) in [6, 6.07) is 14.4. The fourth-order valence-electron chi connectivity index (χ4n) is 2.74. The summed E-state index contributed by atoms with van der Waals surface area (Å²) in [5, 5.41) is 6.08. The van der Waals surface area contributed by atoms with Crippen LogP contribution in [0.5, 0.6) is 0 Å². The van der Waals surface area contributed by atoms with Gasteiger partial charge in [-0.1, -0.05) is 30.3 Å². The van der Waals surface area contributed by atoms with Crippen molar-refractivity contribution in [2.75, 3.05) is 20.3 Å². The molecule has 0 radical (unpaired) electrons. The van der Waals surface area contributed by atoms with E-state index in [1.807, 2.05) is 24.3 Å². The van der Waals surface area contributed by atoms with Crippen molar-refractivity contribution >= 4 is 27.5 Å². The highest BCUT2D eigenvalue weighted by Gasteiger charge is 2.20. The van der Waals surface area contributed by atoms with E-state index in [1.165, 1.54) is 5.56 Å². The van der Waals surface area contributed by atoms with Crippen molar-refractivity contribution in [1.82, 2.24) is 9.88 Å². The summed E-state index contributed by atoms with van der Waals surface area (Å²) in [5.74, 6) is -0.0618. The zero-order chi connectivity index (χ0) is 16.2. The molecule has 5 heteroatoms. The third-order valence-corrected chi connectivity index (χ3v) is 4.87. The van der Waals surface area contributed by atoms with Crippen molar-refractivity contribution in [2.24, 2.45) is 0 Å². The molecule has 0 aliphatic carbocycles. The first-order valence-electron chi connectivity index (χ1n) is 7.63. The van der Waals surface area contributed by atoms with E-state index >= 15 is 0 Å². The number of carbonyl (C=O) groups is 1. The second kappa shape index (κ2) is 6.98. The zero-order valence-electron chi connectivity index (χ0n) is 13.3. The van der Waals surface area contributed by atoms with Gasteiger partial charge < -0.3 is 14.6 Å². The van der Waals surface area contributed by atoms with Crippen LogP contribution in [0.4, 0.5) is 0 Å². The van der Waals surface area contributed by atoms with Crippen molar-refractivity contribution in [2.45, 2.75) is 13.0 Å². The van der Waals surface area contributed by atoms with Crippen LogP contribution in [0, 0.1) is 0 Å². The molecule has 1 N–H and O–H groups in total. The molecule has 1 amide bonds. The second-order valence-corrected chi connectivity index (χ2v) is 6.31. The molecule has 0 unspecified atom stereocenters. The van der Waals surface area contributed by atoms with E-state index < -0.39 is 0 Å². The number of carbonyl (C=O) groups excluding carboxylic acids is 1. The number of nitrogens with one attached hydrogen (secondary N) is 1. The van der Waals surface area contributed by atoms with Crippen LogP contribution < -0.4 is 5.32 Å². The van der Waals surface area contributed by atoms with Gasteiger partial charge in [-0.3, -0.25) is 4.79 Å². The van der Waals surface area contributed by atoms with E-state index in [9.17, 15) is 4.79 Å². The van der Waals surface area contributed by atoms with Gasteiger partial charge in [0.05, 0.1) is 12.6 Å². The van der Waals surface area contributed by atoms with Crippen LogP contribution in [0.15, 0.2) is 47.8 Å². The standard InChI is InChI=1S/C18H20N2O2S/c1-13(14-6-4-3-5-7-14)20-16(17(21)19-9-10-22-2)12-15-8-11-23-18(15)20/h3-8,11-13H,9-10H2,1-2H3,(H,19,21)/t13-/m0/s1. The Morgan fingerprint density at radius 3 is 2.83 bits per heavy atom. The Labute approximate surface area is 139 Å². The number of ether oxygens (including phenoxy) is 1. The molecule has 0 aliphatic heterocycles. The largest absolute Gasteiger partial charge is 0.383 e. The van der Waals surface area contributed by atoms with Crippen molar-refractivity contribution < 1.29 is 9.53 Å². The number of amides is 1. The molecule has 0 spiro atoms. The highest BCUT2D eigenvalue weighted by molar-refractivity contribution is 7.16. The minimum atomic E-state index is -0.0618. The Morgan fingerprint density at radius 1 is 1.30 bits per heavy atom. The molecular formula is C18H20N2O2S. The monoisotopic (exact) mass is 328 g/mol. The summed E-state index contributed by atoms with van der Waals surface area (Å²) >= 11 is 1.66. The molecule has 23 heavy (non-hydrogen) atoms. The van der Waals surface area contributed by atoms with E-state index in [0.717, 1.165) is 10.2 Å². The maximum absolute atomic E-state index is 12.6. The van der Waals surface area contributed by atoms with Gasteiger partial charge in [0, 0.05) is 19.0 Å². The maximum atomic E-state index is 12.6. The predicted octanol–water partition coefficient (Wildman–Crippen LogP) is 3.69. The van der Waals surface area contributed by atoms with Gasteiger partial charge in [0.1, 0.15) is 10.5 Å². The molecule has 0 aliphatic rings. The Hall–Kier alpha value is -2.11. The lowest BCUT2D eigenvalue weighted by Gasteiger charge is -2.18. The number of thiophene rings is 1. The molecule has 2 heterocycles. The van der Waals surface area contributed by atoms with Gasteiger partial charge in [0.2, 0.25) is 0 Å². The first-order valence-corrected chi connectivity index (χ1v) is 8.51. The van der Waals surface area contributed by atoms with Crippen molar-refractivity contribution in [3.63, 3.8) is 0 Å². The first kappa shape index (κ1) is 15.8. The number of hydrogen-bond donors (Lipinski definition) is 1. The van der Waals surface area contributed by atoms with E-state index in [2.05, 4.69) is 40.4 Å². The van der Waals surface area contributed by atoms with Crippen LogP contribution in [0.3, 0.4) is 0 Å². The van der Waals surface area contributed by atoms with E-state index in [-0.39, 0.29) is 11.9 Å².